The molecule has 2 aromatic rings. The van der Waals surface area contributed by atoms with Gasteiger partial charge >= 0.3 is 5.97 Å². The van der Waals surface area contributed by atoms with Gasteiger partial charge in [0.2, 0.25) is 5.67 Å². The number of ether oxygens (including phenoxy) is 1. The predicted octanol–water partition coefficient (Wildman–Crippen LogP) is 2.67. The van der Waals surface area contributed by atoms with Crippen LogP contribution in [0.15, 0.2) is 29.6 Å². The van der Waals surface area contributed by atoms with E-state index in [4.69, 9.17) is 9.84 Å². The lowest BCUT2D eigenvalue weighted by Crippen LogP contribution is -2.38. The third-order valence-corrected chi connectivity index (χ3v) is 4.85. The number of hydrogen-bond donors (Lipinski definition) is 1. The molecule has 1 fully saturated rings. The molecule has 0 bridgehead atoms. The Hall–Kier alpha value is -2.48. The molecule has 0 aliphatic carbocycles. The van der Waals surface area contributed by atoms with Crippen molar-refractivity contribution >= 4 is 23.2 Å². The number of carbonyl (C=O) groups is 2. The van der Waals surface area contributed by atoms with Crippen LogP contribution in [0.3, 0.4) is 0 Å². The number of amides is 1. The summed E-state index contributed by atoms with van der Waals surface area (Å²) < 4.78 is 19.8. The highest BCUT2D eigenvalue weighted by Crippen LogP contribution is 2.27. The Morgan fingerprint density at radius 1 is 1.48 bits per heavy atom. The fourth-order valence-electron chi connectivity index (χ4n) is 2.65. The molecule has 2 heterocycles. The number of hydrogen-bond acceptors (Lipinski definition) is 5. The molecule has 25 heavy (non-hydrogen) atoms. The van der Waals surface area contributed by atoms with E-state index in [-0.39, 0.29) is 19.6 Å². The summed E-state index contributed by atoms with van der Waals surface area (Å²) in [5.41, 5.74) is -1.23. The first kappa shape index (κ1) is 17.3. The van der Waals surface area contributed by atoms with E-state index >= 15 is 0 Å². The van der Waals surface area contributed by atoms with Gasteiger partial charge in [-0.15, -0.1) is 11.3 Å². The van der Waals surface area contributed by atoms with Crippen molar-refractivity contribution in [2.75, 3.05) is 13.1 Å². The van der Waals surface area contributed by atoms with Gasteiger partial charge in [0.15, 0.2) is 0 Å². The maximum Gasteiger partial charge on any atom is 0.343 e. The van der Waals surface area contributed by atoms with Gasteiger partial charge in [0.25, 0.3) is 5.91 Å². The minimum absolute atomic E-state index is 0.0742. The maximum atomic E-state index is 14.1. The van der Waals surface area contributed by atoms with Crippen molar-refractivity contribution in [2.45, 2.75) is 25.6 Å². The standard InChI is InChI=1S/C17H17FN2O4S/c1-11-19-13(9-25-11)8-24-14-4-2-3-12(7-14)15(21)20-6-5-17(18,10-20)16(22)23/h2-4,7,9H,5-6,8,10H2,1H3,(H,22,23). The van der Waals surface area contributed by atoms with Crippen molar-refractivity contribution in [3.05, 3.63) is 45.9 Å². The number of likely N-dealkylation sites (tertiary alicyclic amines) is 1. The number of thiazole rings is 1. The van der Waals surface area contributed by atoms with E-state index in [2.05, 4.69) is 4.98 Å². The zero-order chi connectivity index (χ0) is 18.0. The highest BCUT2D eigenvalue weighted by atomic mass is 32.1. The molecule has 1 aromatic carbocycles. The Morgan fingerprint density at radius 2 is 2.28 bits per heavy atom. The smallest absolute Gasteiger partial charge is 0.343 e. The van der Waals surface area contributed by atoms with Crippen LogP contribution < -0.4 is 4.74 Å². The molecule has 0 spiro atoms. The van der Waals surface area contributed by atoms with Crippen LogP contribution in [0.5, 0.6) is 5.75 Å². The number of carboxylic acids is 1. The molecule has 0 saturated carbocycles. The van der Waals surface area contributed by atoms with Crippen molar-refractivity contribution in [1.29, 1.82) is 0 Å². The Bertz CT molecular complexity index is 809. The normalized spacial score (nSPS) is 19.8. The average molecular weight is 364 g/mol. The fraction of sp³-hybridized carbons (Fsp3) is 0.353. The van der Waals surface area contributed by atoms with Gasteiger partial charge < -0.3 is 14.7 Å². The SMILES string of the molecule is Cc1nc(COc2cccc(C(=O)N3CCC(F)(C(=O)O)C3)c2)cs1. The van der Waals surface area contributed by atoms with Crippen LogP contribution in [0.2, 0.25) is 0 Å². The highest BCUT2D eigenvalue weighted by molar-refractivity contribution is 7.09. The molecular weight excluding hydrogens is 347 g/mol. The van der Waals surface area contributed by atoms with E-state index in [1.807, 2.05) is 12.3 Å². The first-order valence-electron chi connectivity index (χ1n) is 7.73. The third kappa shape index (κ3) is 3.79. The molecule has 3 rings (SSSR count). The number of carboxylic acid groups (broad SMARTS) is 1. The molecule has 6 nitrogen and oxygen atoms in total. The van der Waals surface area contributed by atoms with Crippen molar-refractivity contribution < 1.29 is 23.8 Å². The number of rotatable bonds is 5. The van der Waals surface area contributed by atoms with Crippen LogP contribution in [0, 0.1) is 6.92 Å². The Labute approximate surface area is 147 Å². The Kier molecular flexibility index (Phi) is 4.71. The van der Waals surface area contributed by atoms with E-state index in [0.717, 1.165) is 10.7 Å². The summed E-state index contributed by atoms with van der Waals surface area (Å²) in [5.74, 6) is -1.44. The van der Waals surface area contributed by atoms with Gasteiger partial charge in [-0.05, 0) is 25.1 Å². The monoisotopic (exact) mass is 364 g/mol. The van der Waals surface area contributed by atoms with E-state index in [0.29, 0.717) is 11.3 Å². The molecule has 1 aliphatic heterocycles. The quantitative estimate of drug-likeness (QED) is 0.882. The lowest BCUT2D eigenvalue weighted by atomic mass is 10.1. The molecule has 1 unspecified atom stereocenters. The Balaban J connectivity index is 1.67. The number of carbonyl (C=O) groups excluding carboxylic acids is 1. The zero-order valence-electron chi connectivity index (χ0n) is 13.6. The molecule has 1 atom stereocenters. The van der Waals surface area contributed by atoms with E-state index < -0.39 is 24.1 Å². The topological polar surface area (TPSA) is 79.7 Å². The van der Waals surface area contributed by atoms with Crippen LogP contribution in [0.1, 0.15) is 27.5 Å². The molecule has 8 heteroatoms. The van der Waals surface area contributed by atoms with Crippen molar-refractivity contribution in [1.82, 2.24) is 9.88 Å². The Morgan fingerprint density at radius 3 is 2.92 bits per heavy atom. The second-order valence-corrected chi connectivity index (χ2v) is 6.98. The van der Waals surface area contributed by atoms with Crippen molar-refractivity contribution in [2.24, 2.45) is 0 Å². The van der Waals surface area contributed by atoms with Gasteiger partial charge in [-0.25, -0.2) is 14.2 Å². The average Bonchev–Trinajstić information content (AvgIpc) is 3.19. The van der Waals surface area contributed by atoms with Crippen LogP contribution in [0.4, 0.5) is 4.39 Å². The molecule has 1 aromatic heterocycles. The number of aliphatic carboxylic acids is 1. The van der Waals surface area contributed by atoms with Gasteiger partial charge in [-0.2, -0.15) is 0 Å². The fourth-order valence-corrected chi connectivity index (χ4v) is 3.25. The maximum absolute atomic E-state index is 14.1. The molecule has 0 radical (unpaired) electrons. The second-order valence-electron chi connectivity index (χ2n) is 5.92. The summed E-state index contributed by atoms with van der Waals surface area (Å²) in [6.07, 6.45) is -0.201. The zero-order valence-corrected chi connectivity index (χ0v) is 14.4. The molecule has 1 saturated heterocycles. The molecule has 1 aliphatic rings. The van der Waals surface area contributed by atoms with Crippen molar-refractivity contribution in [3.63, 3.8) is 0 Å². The lowest BCUT2D eigenvalue weighted by Gasteiger charge is -2.18. The van der Waals surface area contributed by atoms with Crippen LogP contribution >= 0.6 is 11.3 Å². The molecule has 1 N–H and O–H groups in total. The van der Waals surface area contributed by atoms with Gasteiger partial charge in [0.1, 0.15) is 12.4 Å². The summed E-state index contributed by atoms with van der Waals surface area (Å²) in [7, 11) is 0. The second kappa shape index (κ2) is 6.79. The number of aryl methyl sites for hydroxylation is 1. The number of aromatic nitrogens is 1. The van der Waals surface area contributed by atoms with Crippen LogP contribution in [0.25, 0.3) is 0 Å². The number of nitrogens with zero attached hydrogens (tertiary/aromatic N) is 2. The minimum Gasteiger partial charge on any atom is -0.487 e. The summed E-state index contributed by atoms with van der Waals surface area (Å²) in [6, 6.07) is 6.56. The first-order chi connectivity index (χ1) is 11.9. The van der Waals surface area contributed by atoms with Gasteiger partial charge in [0.05, 0.1) is 17.2 Å². The van der Waals surface area contributed by atoms with Gasteiger partial charge in [-0.1, -0.05) is 6.07 Å². The summed E-state index contributed by atoms with van der Waals surface area (Å²) in [6.45, 7) is 1.83. The molecule has 1 amide bonds. The van der Waals surface area contributed by atoms with Crippen molar-refractivity contribution in [3.8, 4) is 5.75 Å². The van der Waals surface area contributed by atoms with Gasteiger partial charge in [-0.3, -0.25) is 4.79 Å². The summed E-state index contributed by atoms with van der Waals surface area (Å²) in [5, 5.41) is 11.8. The van der Waals surface area contributed by atoms with Crippen LogP contribution in [-0.4, -0.2) is 45.6 Å². The minimum atomic E-state index is -2.37. The number of benzene rings is 1. The van der Waals surface area contributed by atoms with Crippen LogP contribution in [-0.2, 0) is 11.4 Å². The first-order valence-corrected chi connectivity index (χ1v) is 8.61. The number of alkyl halides is 1. The third-order valence-electron chi connectivity index (χ3n) is 4.02. The van der Waals surface area contributed by atoms with E-state index in [1.165, 1.54) is 16.2 Å². The predicted molar refractivity (Wildman–Crippen MR) is 89.6 cm³/mol. The summed E-state index contributed by atoms with van der Waals surface area (Å²) >= 11 is 1.53. The lowest BCUT2D eigenvalue weighted by molar-refractivity contribution is -0.149. The number of halogens is 1. The molecule has 132 valence electrons. The van der Waals surface area contributed by atoms with E-state index in [1.54, 1.807) is 24.3 Å². The largest absolute Gasteiger partial charge is 0.487 e. The van der Waals surface area contributed by atoms with Gasteiger partial charge in [0, 0.05) is 23.9 Å². The van der Waals surface area contributed by atoms with E-state index in [9.17, 15) is 14.0 Å². The molecular formula is C17H17FN2O4S. The highest BCUT2D eigenvalue weighted by Gasteiger charge is 2.47. The summed E-state index contributed by atoms with van der Waals surface area (Å²) in [4.78, 5) is 29.0.